The summed E-state index contributed by atoms with van der Waals surface area (Å²) in [6.07, 6.45) is 2.63. The minimum Gasteiger partial charge on any atom is -0.342 e. The third-order valence-corrected chi connectivity index (χ3v) is 3.67. The molecule has 3 amide bonds. The highest BCUT2D eigenvalue weighted by Crippen LogP contribution is 2.20. The molecule has 0 radical (unpaired) electrons. The molecule has 5 heteroatoms. The maximum Gasteiger partial charge on any atom is 0.315 e. The summed E-state index contributed by atoms with van der Waals surface area (Å²) in [6.45, 7) is 11.4. The molecule has 1 rings (SSSR count). The summed E-state index contributed by atoms with van der Waals surface area (Å²) in [5.41, 5.74) is -0.236. The highest BCUT2D eigenvalue weighted by atomic mass is 16.2. The van der Waals surface area contributed by atoms with Crippen LogP contribution in [0.5, 0.6) is 0 Å². The molecule has 20 heavy (non-hydrogen) atoms. The van der Waals surface area contributed by atoms with Crippen LogP contribution in [-0.2, 0) is 4.79 Å². The van der Waals surface area contributed by atoms with E-state index in [2.05, 4.69) is 10.6 Å². The molecular weight excluding hydrogens is 254 g/mol. The van der Waals surface area contributed by atoms with Crippen molar-refractivity contribution in [3.05, 3.63) is 0 Å². The van der Waals surface area contributed by atoms with Gasteiger partial charge in [-0.1, -0.05) is 6.92 Å². The first kappa shape index (κ1) is 16.8. The maximum absolute atomic E-state index is 11.9. The molecule has 5 nitrogen and oxygen atoms in total. The lowest BCUT2D eigenvalue weighted by Crippen LogP contribution is -2.53. The lowest BCUT2D eigenvalue weighted by molar-refractivity contribution is -0.132. The number of hydrogen-bond donors (Lipinski definition) is 2. The first-order valence-corrected chi connectivity index (χ1v) is 7.59. The number of nitrogens with zero attached hydrogens (tertiary/aromatic N) is 1. The Kier molecular flexibility index (Phi) is 5.84. The number of rotatable bonds is 3. The minimum atomic E-state index is -0.236. The van der Waals surface area contributed by atoms with E-state index in [0.717, 1.165) is 25.9 Å². The van der Waals surface area contributed by atoms with Crippen molar-refractivity contribution in [2.24, 2.45) is 5.92 Å². The zero-order valence-electron chi connectivity index (χ0n) is 13.5. The van der Waals surface area contributed by atoms with Gasteiger partial charge in [0.15, 0.2) is 0 Å². The molecule has 0 aromatic carbocycles. The molecule has 0 bridgehead atoms. The average molecular weight is 283 g/mol. The van der Waals surface area contributed by atoms with Gasteiger partial charge in [-0.25, -0.2) is 4.79 Å². The number of carbonyl (C=O) groups is 2. The summed E-state index contributed by atoms with van der Waals surface area (Å²) >= 11 is 0. The zero-order valence-corrected chi connectivity index (χ0v) is 13.5. The van der Waals surface area contributed by atoms with Gasteiger partial charge >= 0.3 is 6.03 Å². The van der Waals surface area contributed by atoms with Crippen molar-refractivity contribution in [1.29, 1.82) is 0 Å². The summed E-state index contributed by atoms with van der Waals surface area (Å²) in [5.74, 6) is 0.547. The molecule has 0 saturated carbocycles. The topological polar surface area (TPSA) is 61.4 Å². The molecule has 0 spiro atoms. The van der Waals surface area contributed by atoms with Crippen LogP contribution in [0.1, 0.15) is 53.9 Å². The molecule has 0 unspecified atom stereocenters. The fourth-order valence-corrected chi connectivity index (χ4v) is 2.57. The second kappa shape index (κ2) is 6.95. The first-order chi connectivity index (χ1) is 9.23. The number of likely N-dealkylation sites (tertiary alicyclic amines) is 1. The number of urea groups is 1. The van der Waals surface area contributed by atoms with Gasteiger partial charge in [-0.15, -0.1) is 0 Å². The summed E-state index contributed by atoms with van der Waals surface area (Å²) in [4.78, 5) is 25.6. The van der Waals surface area contributed by atoms with Crippen molar-refractivity contribution < 1.29 is 9.59 Å². The van der Waals surface area contributed by atoms with E-state index in [1.165, 1.54) is 0 Å². The number of amides is 3. The number of piperidine rings is 1. The van der Waals surface area contributed by atoms with Gasteiger partial charge in [0.2, 0.25) is 5.91 Å². The van der Waals surface area contributed by atoms with Gasteiger partial charge in [-0.3, -0.25) is 4.79 Å². The molecule has 0 aromatic rings. The number of carbonyl (C=O) groups excluding carboxylic acids is 2. The third-order valence-electron chi connectivity index (χ3n) is 3.67. The van der Waals surface area contributed by atoms with Crippen LogP contribution >= 0.6 is 0 Å². The van der Waals surface area contributed by atoms with Gasteiger partial charge in [-0.2, -0.15) is 0 Å². The Morgan fingerprint density at radius 1 is 1.35 bits per heavy atom. The lowest BCUT2D eigenvalue weighted by Gasteiger charge is -2.36. The quantitative estimate of drug-likeness (QED) is 0.833. The molecular formula is C15H29N3O2. The van der Waals surface area contributed by atoms with E-state index in [4.69, 9.17) is 0 Å². The predicted octanol–water partition coefficient (Wildman–Crippen LogP) is 2.12. The van der Waals surface area contributed by atoms with Gasteiger partial charge in [0.1, 0.15) is 0 Å². The largest absolute Gasteiger partial charge is 0.342 e. The summed E-state index contributed by atoms with van der Waals surface area (Å²) in [7, 11) is 0. The van der Waals surface area contributed by atoms with E-state index < -0.39 is 0 Å². The van der Waals surface area contributed by atoms with Crippen molar-refractivity contribution in [3.63, 3.8) is 0 Å². The van der Waals surface area contributed by atoms with E-state index >= 15 is 0 Å². The molecule has 1 heterocycles. The minimum absolute atomic E-state index is 0.0739. The molecule has 0 aliphatic carbocycles. The fraction of sp³-hybridized carbons (Fsp3) is 0.867. The van der Waals surface area contributed by atoms with Crippen molar-refractivity contribution in [2.45, 2.75) is 65.5 Å². The van der Waals surface area contributed by atoms with Crippen molar-refractivity contribution in [1.82, 2.24) is 15.5 Å². The van der Waals surface area contributed by atoms with Crippen LogP contribution in [0.25, 0.3) is 0 Å². The van der Waals surface area contributed by atoms with Gasteiger partial charge in [-0.05, 0) is 46.5 Å². The SMILES string of the molecule is CCC(=O)N1CCC[C@@H]([C@@H](C)NC(=O)NC(C)(C)C)C1. The van der Waals surface area contributed by atoms with Crippen LogP contribution in [0.4, 0.5) is 4.79 Å². The van der Waals surface area contributed by atoms with Crippen molar-refractivity contribution in [3.8, 4) is 0 Å². The Bertz CT molecular complexity index is 350. The van der Waals surface area contributed by atoms with Crippen molar-refractivity contribution >= 4 is 11.9 Å². The molecule has 0 aromatic heterocycles. The summed E-state index contributed by atoms with van der Waals surface area (Å²) in [6, 6.07) is -0.0613. The van der Waals surface area contributed by atoms with Crippen LogP contribution in [0.15, 0.2) is 0 Å². The Morgan fingerprint density at radius 3 is 2.55 bits per heavy atom. The second-order valence-corrected chi connectivity index (χ2v) is 6.73. The fourth-order valence-electron chi connectivity index (χ4n) is 2.57. The van der Waals surface area contributed by atoms with Gasteiger partial charge in [0, 0.05) is 31.1 Å². The van der Waals surface area contributed by atoms with E-state index in [1.54, 1.807) is 0 Å². The smallest absolute Gasteiger partial charge is 0.315 e. The highest BCUT2D eigenvalue weighted by Gasteiger charge is 2.28. The molecule has 1 fully saturated rings. The molecule has 1 saturated heterocycles. The molecule has 2 atom stereocenters. The highest BCUT2D eigenvalue weighted by molar-refractivity contribution is 5.76. The van der Waals surface area contributed by atoms with E-state index in [0.29, 0.717) is 12.3 Å². The van der Waals surface area contributed by atoms with Gasteiger partial charge < -0.3 is 15.5 Å². The van der Waals surface area contributed by atoms with E-state index in [9.17, 15) is 9.59 Å². The average Bonchev–Trinajstić information content (AvgIpc) is 2.35. The number of hydrogen-bond acceptors (Lipinski definition) is 2. The molecule has 116 valence electrons. The molecule has 1 aliphatic rings. The van der Waals surface area contributed by atoms with Crippen LogP contribution in [0.3, 0.4) is 0 Å². The lowest BCUT2D eigenvalue weighted by atomic mass is 9.91. The normalized spacial score (nSPS) is 21.2. The first-order valence-electron chi connectivity index (χ1n) is 7.59. The third kappa shape index (κ3) is 5.39. The maximum atomic E-state index is 11.9. The number of nitrogens with one attached hydrogen (secondary N) is 2. The monoisotopic (exact) mass is 283 g/mol. The van der Waals surface area contributed by atoms with Gasteiger partial charge in [0.05, 0.1) is 0 Å². The van der Waals surface area contributed by atoms with E-state index in [1.807, 2.05) is 39.5 Å². The second-order valence-electron chi connectivity index (χ2n) is 6.73. The Balaban J connectivity index is 2.48. The Morgan fingerprint density at radius 2 is 2.00 bits per heavy atom. The van der Waals surface area contributed by atoms with Crippen LogP contribution < -0.4 is 10.6 Å². The van der Waals surface area contributed by atoms with Crippen LogP contribution in [0, 0.1) is 5.92 Å². The Hall–Kier alpha value is -1.26. The summed E-state index contributed by atoms with van der Waals surface area (Å²) in [5, 5.41) is 5.90. The summed E-state index contributed by atoms with van der Waals surface area (Å²) < 4.78 is 0. The molecule has 2 N–H and O–H groups in total. The van der Waals surface area contributed by atoms with Crippen molar-refractivity contribution in [2.75, 3.05) is 13.1 Å². The zero-order chi connectivity index (χ0) is 15.3. The Labute approximate surface area is 122 Å². The van der Waals surface area contributed by atoms with Crippen LogP contribution in [-0.4, -0.2) is 41.5 Å². The molecule has 1 aliphatic heterocycles. The van der Waals surface area contributed by atoms with Crippen LogP contribution in [0.2, 0.25) is 0 Å². The standard InChI is InChI=1S/C15H29N3O2/c1-6-13(19)18-9-7-8-12(10-18)11(2)16-14(20)17-15(3,4)5/h11-12H,6-10H2,1-5H3,(H2,16,17,20)/t11-,12-/m1/s1. The predicted molar refractivity (Wildman–Crippen MR) is 80.5 cm³/mol. The van der Waals surface area contributed by atoms with E-state index in [-0.39, 0.29) is 23.5 Å². The van der Waals surface area contributed by atoms with Gasteiger partial charge in [0.25, 0.3) is 0 Å².